The smallest absolute Gasteiger partial charge is 0.199 e. The molecule has 1 saturated heterocycles. The van der Waals surface area contributed by atoms with Crippen molar-refractivity contribution in [3.05, 3.63) is 41.5 Å². The van der Waals surface area contributed by atoms with Gasteiger partial charge in [-0.15, -0.1) is 0 Å². The van der Waals surface area contributed by atoms with Gasteiger partial charge in [0, 0.05) is 12.2 Å². The van der Waals surface area contributed by atoms with Gasteiger partial charge in [-0.25, -0.2) is 0 Å². The van der Waals surface area contributed by atoms with Crippen molar-refractivity contribution in [2.45, 2.75) is 44.6 Å². The van der Waals surface area contributed by atoms with Crippen LogP contribution in [0.25, 0.3) is 5.57 Å². The van der Waals surface area contributed by atoms with Crippen LogP contribution in [0.2, 0.25) is 0 Å². The molecule has 1 fully saturated rings. The van der Waals surface area contributed by atoms with E-state index in [2.05, 4.69) is 19.1 Å². The lowest BCUT2D eigenvalue weighted by Gasteiger charge is -2.30. The summed E-state index contributed by atoms with van der Waals surface area (Å²) in [7, 11) is 0. The zero-order chi connectivity index (χ0) is 13.3. The van der Waals surface area contributed by atoms with Crippen LogP contribution in [0.3, 0.4) is 0 Å². The van der Waals surface area contributed by atoms with Crippen LogP contribution in [0.15, 0.2) is 30.3 Å². The minimum Gasteiger partial charge on any atom is -0.363 e. The first-order valence-corrected chi connectivity index (χ1v) is 7.27. The van der Waals surface area contributed by atoms with E-state index in [0.29, 0.717) is 6.61 Å². The first kappa shape index (κ1) is 12.6. The Labute approximate surface area is 114 Å². The number of Topliss-reactive ketones (excluding diaryl/α,β-unsaturated/α-hetero) is 1. The molecule has 100 valence electrons. The van der Waals surface area contributed by atoms with Crippen LogP contribution in [-0.2, 0) is 4.74 Å². The van der Waals surface area contributed by atoms with E-state index in [1.54, 1.807) is 0 Å². The molecule has 3 rings (SSSR count). The summed E-state index contributed by atoms with van der Waals surface area (Å²) in [5.74, 6) is 0.154. The lowest BCUT2D eigenvalue weighted by Crippen LogP contribution is -2.39. The van der Waals surface area contributed by atoms with E-state index < -0.39 is 5.60 Å². The zero-order valence-electron chi connectivity index (χ0n) is 11.4. The third-order valence-electron chi connectivity index (χ3n) is 4.16. The van der Waals surface area contributed by atoms with E-state index >= 15 is 0 Å². The number of rotatable bonds is 3. The fourth-order valence-corrected chi connectivity index (χ4v) is 3.14. The second kappa shape index (κ2) is 4.93. The SMILES string of the molecule is CCCCC1=C[C@]2(CCCO2)C(=O)c2ccccc21. The van der Waals surface area contributed by atoms with Gasteiger partial charge in [0.15, 0.2) is 5.78 Å². The minimum absolute atomic E-state index is 0.154. The zero-order valence-corrected chi connectivity index (χ0v) is 11.4. The average molecular weight is 256 g/mol. The molecular formula is C17H20O2. The Bertz CT molecular complexity index is 522. The summed E-state index contributed by atoms with van der Waals surface area (Å²) >= 11 is 0. The molecule has 1 aromatic rings. The van der Waals surface area contributed by atoms with Crippen LogP contribution < -0.4 is 0 Å². The summed E-state index contributed by atoms with van der Waals surface area (Å²) in [6.07, 6.45) is 7.28. The molecule has 0 bridgehead atoms. The first-order chi connectivity index (χ1) is 9.27. The fraction of sp³-hybridized carbons (Fsp3) is 0.471. The molecule has 1 aliphatic heterocycles. The topological polar surface area (TPSA) is 26.3 Å². The molecule has 0 saturated carbocycles. The fourth-order valence-electron chi connectivity index (χ4n) is 3.14. The van der Waals surface area contributed by atoms with E-state index in [9.17, 15) is 4.79 Å². The molecule has 1 spiro atoms. The van der Waals surface area contributed by atoms with Crippen molar-refractivity contribution < 1.29 is 9.53 Å². The van der Waals surface area contributed by atoms with Gasteiger partial charge in [-0.3, -0.25) is 4.79 Å². The molecule has 0 radical (unpaired) electrons. The highest BCUT2D eigenvalue weighted by Gasteiger charge is 2.44. The van der Waals surface area contributed by atoms with Gasteiger partial charge in [0.2, 0.25) is 0 Å². The number of ketones is 1. The van der Waals surface area contributed by atoms with Gasteiger partial charge in [-0.1, -0.05) is 37.6 Å². The summed E-state index contributed by atoms with van der Waals surface area (Å²) in [4.78, 5) is 12.7. The summed E-state index contributed by atoms with van der Waals surface area (Å²) in [5.41, 5.74) is 2.59. The second-order valence-electron chi connectivity index (χ2n) is 5.49. The third-order valence-corrected chi connectivity index (χ3v) is 4.16. The molecule has 1 atom stereocenters. The molecule has 0 unspecified atom stereocenters. The summed E-state index contributed by atoms with van der Waals surface area (Å²) in [6.45, 7) is 2.90. The van der Waals surface area contributed by atoms with Gasteiger partial charge in [0.05, 0.1) is 0 Å². The predicted octanol–water partition coefficient (Wildman–Crippen LogP) is 4.01. The summed E-state index contributed by atoms with van der Waals surface area (Å²) < 4.78 is 5.83. The standard InChI is InChI=1S/C17H20O2/c1-2-3-7-13-12-17(10-6-11-19-17)16(18)15-9-5-4-8-14(13)15/h4-5,8-9,12H,2-3,6-7,10-11H2,1H3/t17-/m1/s1. The highest BCUT2D eigenvalue weighted by atomic mass is 16.5. The molecule has 2 nitrogen and oxygen atoms in total. The monoisotopic (exact) mass is 256 g/mol. The molecule has 0 aromatic heterocycles. The van der Waals surface area contributed by atoms with Crippen molar-refractivity contribution in [2.24, 2.45) is 0 Å². The molecule has 1 aliphatic carbocycles. The van der Waals surface area contributed by atoms with Crippen molar-refractivity contribution in [3.63, 3.8) is 0 Å². The van der Waals surface area contributed by atoms with Crippen LogP contribution in [0.4, 0.5) is 0 Å². The molecule has 19 heavy (non-hydrogen) atoms. The van der Waals surface area contributed by atoms with Crippen molar-refractivity contribution in [1.82, 2.24) is 0 Å². The number of allylic oxidation sites excluding steroid dienone is 1. The average Bonchev–Trinajstić information content (AvgIpc) is 2.91. The first-order valence-electron chi connectivity index (χ1n) is 7.27. The number of ether oxygens (including phenoxy) is 1. The number of fused-ring (bicyclic) bond motifs is 1. The van der Waals surface area contributed by atoms with Gasteiger partial charge in [-0.2, -0.15) is 0 Å². The van der Waals surface area contributed by atoms with E-state index in [1.165, 1.54) is 12.0 Å². The normalized spacial score (nSPS) is 25.5. The number of benzene rings is 1. The number of hydrogen-bond donors (Lipinski definition) is 0. The number of hydrogen-bond acceptors (Lipinski definition) is 2. The van der Waals surface area contributed by atoms with Gasteiger partial charge < -0.3 is 4.74 Å². The molecule has 2 aliphatic rings. The predicted molar refractivity (Wildman–Crippen MR) is 76.2 cm³/mol. The van der Waals surface area contributed by atoms with Gasteiger partial charge >= 0.3 is 0 Å². The Morgan fingerprint density at radius 1 is 1.26 bits per heavy atom. The van der Waals surface area contributed by atoms with E-state index in [1.807, 2.05) is 18.2 Å². The lowest BCUT2D eigenvalue weighted by molar-refractivity contribution is 0.0350. The number of unbranched alkanes of at least 4 members (excludes halogenated alkanes) is 1. The lowest BCUT2D eigenvalue weighted by atomic mass is 9.78. The Hall–Kier alpha value is -1.41. The summed E-state index contributed by atoms with van der Waals surface area (Å²) in [6, 6.07) is 7.97. The van der Waals surface area contributed by atoms with Crippen LogP contribution in [-0.4, -0.2) is 18.0 Å². The summed E-state index contributed by atoms with van der Waals surface area (Å²) in [5, 5.41) is 0. The maximum atomic E-state index is 12.7. The van der Waals surface area contributed by atoms with Gasteiger partial charge in [0.1, 0.15) is 5.60 Å². The van der Waals surface area contributed by atoms with Crippen LogP contribution in [0.5, 0.6) is 0 Å². The maximum Gasteiger partial charge on any atom is 0.199 e. The number of carbonyl (C=O) groups is 1. The highest BCUT2D eigenvalue weighted by Crippen LogP contribution is 2.40. The maximum absolute atomic E-state index is 12.7. The molecule has 1 aromatic carbocycles. The van der Waals surface area contributed by atoms with Crippen molar-refractivity contribution >= 4 is 11.4 Å². The van der Waals surface area contributed by atoms with Gasteiger partial charge in [-0.05, 0) is 42.9 Å². The molecule has 2 heteroatoms. The largest absolute Gasteiger partial charge is 0.363 e. The molecular weight excluding hydrogens is 236 g/mol. The Morgan fingerprint density at radius 3 is 2.74 bits per heavy atom. The number of carbonyl (C=O) groups excluding carboxylic acids is 1. The Morgan fingerprint density at radius 2 is 2.05 bits per heavy atom. The Balaban J connectivity index is 2.06. The second-order valence-corrected chi connectivity index (χ2v) is 5.49. The quantitative estimate of drug-likeness (QED) is 0.817. The molecule has 1 heterocycles. The molecule has 0 amide bonds. The van der Waals surface area contributed by atoms with E-state index in [0.717, 1.165) is 36.8 Å². The van der Waals surface area contributed by atoms with Crippen molar-refractivity contribution in [2.75, 3.05) is 6.61 Å². The van der Waals surface area contributed by atoms with Crippen LogP contribution in [0.1, 0.15) is 54.9 Å². The minimum atomic E-state index is -0.655. The van der Waals surface area contributed by atoms with Crippen molar-refractivity contribution in [1.29, 1.82) is 0 Å². The van der Waals surface area contributed by atoms with Gasteiger partial charge in [0.25, 0.3) is 0 Å². The highest BCUT2D eigenvalue weighted by molar-refractivity contribution is 6.10. The van der Waals surface area contributed by atoms with Crippen LogP contribution in [0, 0.1) is 0 Å². The van der Waals surface area contributed by atoms with Crippen LogP contribution >= 0.6 is 0 Å². The third kappa shape index (κ3) is 2.04. The van der Waals surface area contributed by atoms with Crippen molar-refractivity contribution in [3.8, 4) is 0 Å². The Kier molecular flexibility index (Phi) is 3.28. The molecule has 0 N–H and O–H groups in total. The van der Waals surface area contributed by atoms with E-state index in [-0.39, 0.29) is 5.78 Å². The van der Waals surface area contributed by atoms with E-state index in [4.69, 9.17) is 4.74 Å².